The molecular weight excluding hydrogens is 288 g/mol. The van der Waals surface area contributed by atoms with Crippen molar-refractivity contribution in [2.75, 3.05) is 0 Å². The van der Waals surface area contributed by atoms with Crippen LogP contribution >= 0.6 is 0 Å². The van der Waals surface area contributed by atoms with Crippen molar-refractivity contribution in [2.24, 2.45) is 7.05 Å². The molecule has 2 rings (SSSR count). The molecule has 2 N–H and O–H groups in total. The van der Waals surface area contributed by atoms with E-state index in [1.807, 2.05) is 30.3 Å². The largest absolute Gasteiger partial charge is 0.481 e. The summed E-state index contributed by atoms with van der Waals surface area (Å²) in [7, 11) is 1.61. The first-order valence-electron chi connectivity index (χ1n) is 6.60. The minimum absolute atomic E-state index is 0.104. The summed E-state index contributed by atoms with van der Waals surface area (Å²) in [5.41, 5.74) is 1.20. The Morgan fingerprint density at radius 2 is 2.09 bits per heavy atom. The molecule has 0 saturated heterocycles. The number of carbonyl (C=O) groups is 2. The number of carbonyl (C=O) groups excluding carboxylic acids is 1. The highest BCUT2D eigenvalue weighted by Gasteiger charge is 2.21. The van der Waals surface area contributed by atoms with E-state index in [9.17, 15) is 9.59 Å². The van der Waals surface area contributed by atoms with Crippen molar-refractivity contribution in [3.8, 4) is 0 Å². The van der Waals surface area contributed by atoms with E-state index in [1.54, 1.807) is 7.05 Å². The van der Waals surface area contributed by atoms with Gasteiger partial charge in [0, 0.05) is 7.05 Å². The summed E-state index contributed by atoms with van der Waals surface area (Å²) < 4.78 is 5.07. The van der Waals surface area contributed by atoms with E-state index in [4.69, 9.17) is 9.84 Å². The van der Waals surface area contributed by atoms with Crippen LogP contribution in [-0.2, 0) is 23.2 Å². The molecular formula is C14H16N4O4. The molecule has 0 aliphatic heterocycles. The lowest BCUT2D eigenvalue weighted by Gasteiger charge is -2.14. The Balaban J connectivity index is 1.94. The molecule has 2 aromatic rings. The van der Waals surface area contributed by atoms with Gasteiger partial charge in [0.05, 0.1) is 18.7 Å². The van der Waals surface area contributed by atoms with Crippen molar-refractivity contribution in [3.05, 3.63) is 47.8 Å². The fourth-order valence-electron chi connectivity index (χ4n) is 1.83. The molecule has 116 valence electrons. The number of ether oxygens (including phenoxy) is 1. The molecule has 0 aliphatic rings. The quantitative estimate of drug-likeness (QED) is 0.832. The standard InChI is InChI=1S/C14H16N4O4/c1-18-15-8-12(17-18)11(7-13(19)20)16-14(21)22-9-10-5-3-2-4-6-10/h2-6,8,11H,7,9H2,1H3,(H,16,21)(H,19,20)/t11-/m1/s1. The maximum Gasteiger partial charge on any atom is 0.408 e. The van der Waals surface area contributed by atoms with E-state index < -0.39 is 18.1 Å². The Labute approximate surface area is 126 Å². The molecule has 0 unspecified atom stereocenters. The van der Waals surface area contributed by atoms with Gasteiger partial charge in [-0.3, -0.25) is 4.79 Å². The Morgan fingerprint density at radius 1 is 1.36 bits per heavy atom. The number of nitrogens with one attached hydrogen (secondary N) is 1. The van der Waals surface area contributed by atoms with Gasteiger partial charge in [0.1, 0.15) is 12.3 Å². The van der Waals surface area contributed by atoms with Crippen molar-refractivity contribution >= 4 is 12.1 Å². The Bertz CT molecular complexity index is 641. The molecule has 0 spiro atoms. The van der Waals surface area contributed by atoms with E-state index >= 15 is 0 Å². The zero-order valence-electron chi connectivity index (χ0n) is 12.0. The average molecular weight is 304 g/mol. The number of hydrogen-bond donors (Lipinski definition) is 2. The van der Waals surface area contributed by atoms with Gasteiger partial charge in [-0.25, -0.2) is 4.79 Å². The first-order valence-corrected chi connectivity index (χ1v) is 6.60. The van der Waals surface area contributed by atoms with Crippen LogP contribution in [0.4, 0.5) is 4.79 Å². The molecule has 1 amide bonds. The number of carboxylic acid groups (broad SMARTS) is 1. The summed E-state index contributed by atoms with van der Waals surface area (Å²) in [4.78, 5) is 24.0. The number of carboxylic acids is 1. The summed E-state index contributed by atoms with van der Waals surface area (Å²) >= 11 is 0. The maximum absolute atomic E-state index is 11.8. The van der Waals surface area contributed by atoms with Gasteiger partial charge in [0.2, 0.25) is 0 Å². The van der Waals surface area contributed by atoms with Crippen LogP contribution in [0.2, 0.25) is 0 Å². The Kier molecular flexibility index (Phi) is 5.07. The van der Waals surface area contributed by atoms with Crippen LogP contribution in [-0.4, -0.2) is 32.2 Å². The highest BCUT2D eigenvalue weighted by atomic mass is 16.5. The minimum Gasteiger partial charge on any atom is -0.481 e. The van der Waals surface area contributed by atoms with Gasteiger partial charge >= 0.3 is 12.1 Å². The van der Waals surface area contributed by atoms with Crippen LogP contribution in [0.5, 0.6) is 0 Å². The molecule has 0 radical (unpaired) electrons. The third kappa shape index (κ3) is 4.58. The van der Waals surface area contributed by atoms with E-state index in [0.29, 0.717) is 5.69 Å². The van der Waals surface area contributed by atoms with Crippen LogP contribution in [0.25, 0.3) is 0 Å². The lowest BCUT2D eigenvalue weighted by molar-refractivity contribution is -0.137. The summed E-state index contributed by atoms with van der Waals surface area (Å²) in [5.74, 6) is -1.06. The fourth-order valence-corrected chi connectivity index (χ4v) is 1.83. The molecule has 8 heteroatoms. The number of amides is 1. The van der Waals surface area contributed by atoms with E-state index in [-0.39, 0.29) is 13.0 Å². The van der Waals surface area contributed by atoms with E-state index in [1.165, 1.54) is 11.0 Å². The second-order valence-electron chi connectivity index (χ2n) is 4.62. The number of rotatable bonds is 6. The molecule has 22 heavy (non-hydrogen) atoms. The van der Waals surface area contributed by atoms with Crippen molar-refractivity contribution in [2.45, 2.75) is 19.1 Å². The molecule has 1 atom stereocenters. The predicted molar refractivity (Wildman–Crippen MR) is 75.8 cm³/mol. The molecule has 1 aromatic heterocycles. The summed E-state index contributed by atoms with van der Waals surface area (Å²) in [6.07, 6.45) is 0.394. The highest BCUT2D eigenvalue weighted by Crippen LogP contribution is 2.14. The molecule has 0 aliphatic carbocycles. The second-order valence-corrected chi connectivity index (χ2v) is 4.62. The number of hydrogen-bond acceptors (Lipinski definition) is 5. The van der Waals surface area contributed by atoms with Crippen LogP contribution in [0, 0.1) is 0 Å². The van der Waals surface area contributed by atoms with Crippen LogP contribution in [0.15, 0.2) is 36.5 Å². The van der Waals surface area contributed by atoms with Crippen LogP contribution in [0.3, 0.4) is 0 Å². The first kappa shape index (κ1) is 15.5. The zero-order chi connectivity index (χ0) is 15.9. The number of benzene rings is 1. The maximum atomic E-state index is 11.8. The van der Waals surface area contributed by atoms with Crippen molar-refractivity contribution in [1.29, 1.82) is 0 Å². The fraction of sp³-hybridized carbons (Fsp3) is 0.286. The van der Waals surface area contributed by atoms with Crippen molar-refractivity contribution in [3.63, 3.8) is 0 Å². The third-order valence-electron chi connectivity index (χ3n) is 2.86. The molecule has 0 fully saturated rings. The van der Waals surface area contributed by atoms with Gasteiger partial charge in [0.15, 0.2) is 0 Å². The van der Waals surface area contributed by atoms with Crippen molar-refractivity contribution < 1.29 is 19.4 Å². The smallest absolute Gasteiger partial charge is 0.408 e. The van der Waals surface area contributed by atoms with Crippen molar-refractivity contribution in [1.82, 2.24) is 20.3 Å². The lowest BCUT2D eigenvalue weighted by Crippen LogP contribution is -2.31. The SMILES string of the molecule is Cn1ncc([C@@H](CC(=O)O)NC(=O)OCc2ccccc2)n1. The van der Waals surface area contributed by atoms with E-state index in [2.05, 4.69) is 15.5 Å². The molecule has 8 nitrogen and oxygen atoms in total. The first-order chi connectivity index (χ1) is 10.5. The number of aliphatic carboxylic acids is 1. The average Bonchev–Trinajstić information content (AvgIpc) is 2.92. The highest BCUT2D eigenvalue weighted by molar-refractivity contribution is 5.71. The van der Waals surface area contributed by atoms with Crippen LogP contribution in [0.1, 0.15) is 23.7 Å². The monoisotopic (exact) mass is 304 g/mol. The third-order valence-corrected chi connectivity index (χ3v) is 2.86. The van der Waals surface area contributed by atoms with Gasteiger partial charge in [-0.2, -0.15) is 15.0 Å². The number of aryl methyl sites for hydroxylation is 1. The Hall–Kier alpha value is -2.90. The van der Waals surface area contributed by atoms with Gasteiger partial charge in [-0.05, 0) is 5.56 Å². The van der Waals surface area contributed by atoms with Gasteiger partial charge in [-0.15, -0.1) is 0 Å². The normalized spacial score (nSPS) is 11.7. The van der Waals surface area contributed by atoms with Gasteiger partial charge < -0.3 is 15.2 Å². The number of aromatic nitrogens is 3. The van der Waals surface area contributed by atoms with Gasteiger partial charge in [0.25, 0.3) is 0 Å². The van der Waals surface area contributed by atoms with Crippen LogP contribution < -0.4 is 5.32 Å². The topological polar surface area (TPSA) is 106 Å². The molecule has 0 saturated carbocycles. The minimum atomic E-state index is -1.06. The molecule has 1 heterocycles. The Morgan fingerprint density at radius 3 is 2.68 bits per heavy atom. The zero-order valence-corrected chi connectivity index (χ0v) is 12.0. The number of alkyl carbamates (subject to hydrolysis) is 1. The van der Waals surface area contributed by atoms with Gasteiger partial charge in [-0.1, -0.05) is 30.3 Å². The van der Waals surface area contributed by atoms with E-state index in [0.717, 1.165) is 5.56 Å². The molecule has 1 aromatic carbocycles. The second kappa shape index (κ2) is 7.21. The molecule has 0 bridgehead atoms. The summed E-state index contributed by atoms with van der Waals surface area (Å²) in [6, 6.07) is 8.39. The summed E-state index contributed by atoms with van der Waals surface area (Å²) in [6.45, 7) is 0.104. The summed E-state index contributed by atoms with van der Waals surface area (Å²) in [5, 5.41) is 19.3. The number of nitrogens with zero attached hydrogens (tertiary/aromatic N) is 3. The predicted octanol–water partition coefficient (Wildman–Crippen LogP) is 1.26. The lowest BCUT2D eigenvalue weighted by atomic mass is 10.1.